The van der Waals surface area contributed by atoms with Crippen LogP contribution in [0.3, 0.4) is 0 Å². The quantitative estimate of drug-likeness (QED) is 0.416. The summed E-state index contributed by atoms with van der Waals surface area (Å²) in [4.78, 5) is 16.4. The molecule has 3 aliphatic rings. The molecule has 6 rings (SSSR count). The summed E-state index contributed by atoms with van der Waals surface area (Å²) in [6.07, 6.45) is 5.49. The van der Waals surface area contributed by atoms with E-state index in [4.69, 9.17) is 4.78 Å². The van der Waals surface area contributed by atoms with E-state index < -0.39 is 16.3 Å². The number of alkyl halides is 2. The van der Waals surface area contributed by atoms with Gasteiger partial charge in [-0.25, -0.2) is 22.1 Å². The lowest BCUT2D eigenvalue weighted by Gasteiger charge is -2.36. The van der Waals surface area contributed by atoms with E-state index in [9.17, 15) is 17.8 Å². The fraction of sp³-hybridized carbons (Fsp3) is 0.467. The van der Waals surface area contributed by atoms with Gasteiger partial charge < -0.3 is 9.80 Å². The van der Waals surface area contributed by atoms with E-state index in [1.54, 1.807) is 41.4 Å². The summed E-state index contributed by atoms with van der Waals surface area (Å²) in [6, 6.07) is 7.96. The molecule has 0 aliphatic carbocycles. The van der Waals surface area contributed by atoms with Gasteiger partial charge >= 0.3 is 0 Å². The molecule has 1 fully saturated rings. The smallest absolute Gasteiger partial charge is 0.264 e. The Morgan fingerprint density at radius 2 is 1.83 bits per heavy atom. The van der Waals surface area contributed by atoms with Gasteiger partial charge in [0.2, 0.25) is 5.91 Å². The highest BCUT2D eigenvalue weighted by Crippen LogP contribution is 2.45. The van der Waals surface area contributed by atoms with Gasteiger partial charge in [-0.3, -0.25) is 9.48 Å². The van der Waals surface area contributed by atoms with Gasteiger partial charge in [0.15, 0.2) is 0 Å². The average molecular weight is 583 g/mol. The van der Waals surface area contributed by atoms with Crippen LogP contribution < -0.4 is 4.90 Å². The molecule has 3 aromatic rings. The molecule has 218 valence electrons. The molecule has 4 heterocycles. The first-order valence-corrected chi connectivity index (χ1v) is 16.0. The zero-order chi connectivity index (χ0) is 29.1. The maximum Gasteiger partial charge on any atom is 0.264 e. The molecule has 2 aromatic carbocycles. The van der Waals surface area contributed by atoms with Gasteiger partial charge in [-0.1, -0.05) is 6.07 Å². The largest absolute Gasteiger partial charge is 0.341 e. The van der Waals surface area contributed by atoms with Gasteiger partial charge in [-0.05, 0) is 72.1 Å². The van der Waals surface area contributed by atoms with Gasteiger partial charge in [-0.2, -0.15) is 5.10 Å². The number of anilines is 2. The molecule has 1 N–H and O–H groups in total. The van der Waals surface area contributed by atoms with Crippen molar-refractivity contribution < 1.29 is 17.8 Å². The molecule has 8 nitrogen and oxygen atoms in total. The first-order valence-electron chi connectivity index (χ1n) is 14.1. The number of nitrogens with zero attached hydrogens (tertiary/aromatic N) is 5. The van der Waals surface area contributed by atoms with E-state index >= 15 is 0 Å². The number of carbonyl (C=O) groups excluding carboxylic acids is 1. The summed E-state index contributed by atoms with van der Waals surface area (Å²) < 4.78 is 52.6. The number of carbonyl (C=O) groups is 1. The van der Waals surface area contributed by atoms with E-state index in [0.29, 0.717) is 43.9 Å². The Kier molecular flexibility index (Phi) is 7.14. The molecule has 1 amide bonds. The second kappa shape index (κ2) is 10.5. The fourth-order valence-electron chi connectivity index (χ4n) is 6.64. The predicted octanol–water partition coefficient (Wildman–Crippen LogP) is 5.74. The molecule has 1 atom stereocenters. The van der Waals surface area contributed by atoms with Crippen LogP contribution in [-0.2, 0) is 41.3 Å². The summed E-state index contributed by atoms with van der Waals surface area (Å²) >= 11 is 0. The summed E-state index contributed by atoms with van der Waals surface area (Å²) in [5.74, 6) is 0.243. The molecule has 0 saturated carbocycles. The highest BCUT2D eigenvalue weighted by atomic mass is 32.2. The zero-order valence-corrected chi connectivity index (χ0v) is 24.5. The molecule has 0 radical (unpaired) electrons. The fourth-order valence-corrected chi connectivity index (χ4v) is 7.55. The van der Waals surface area contributed by atoms with Crippen molar-refractivity contribution in [3.05, 3.63) is 64.5 Å². The summed E-state index contributed by atoms with van der Waals surface area (Å²) in [6.45, 7) is 4.50. The van der Waals surface area contributed by atoms with Crippen LogP contribution >= 0.6 is 0 Å². The van der Waals surface area contributed by atoms with E-state index in [2.05, 4.69) is 22.1 Å². The highest BCUT2D eigenvalue weighted by Gasteiger charge is 2.32. The summed E-state index contributed by atoms with van der Waals surface area (Å²) in [7, 11) is -0.957. The van der Waals surface area contributed by atoms with Crippen LogP contribution in [-0.4, -0.2) is 55.0 Å². The molecule has 1 aromatic heterocycles. The van der Waals surface area contributed by atoms with Gasteiger partial charge in [0.25, 0.3) is 6.43 Å². The molecular weight excluding hydrogens is 546 g/mol. The molecular formula is C30H36F2N6O2S. The van der Waals surface area contributed by atoms with Crippen molar-refractivity contribution in [1.29, 1.82) is 4.78 Å². The van der Waals surface area contributed by atoms with Gasteiger partial charge in [0, 0.05) is 87.2 Å². The van der Waals surface area contributed by atoms with Crippen molar-refractivity contribution in [2.24, 2.45) is 7.05 Å². The first kappa shape index (κ1) is 27.8. The topological polar surface area (TPSA) is 85.5 Å². The standard InChI is InChI=1S/C30H36F2N6O2S/c1-19(39)36-17-23-11-22(20-6-9-37(10-7-20)41(3,33)40)13-29(27(23)18-36)38-8-4-5-21-12-25(24-15-34-35(2)16-24)26(30(31)32)14-28(21)38/h11-16,20,30,33H,4-10,17-18H2,1-3H3. The molecule has 3 aliphatic heterocycles. The average Bonchev–Trinajstić information content (AvgIpc) is 3.57. The molecule has 41 heavy (non-hydrogen) atoms. The molecule has 1 unspecified atom stereocenters. The second-order valence-corrected chi connectivity index (χ2v) is 13.7. The third-order valence-electron chi connectivity index (χ3n) is 8.83. The lowest BCUT2D eigenvalue weighted by atomic mass is 9.87. The van der Waals surface area contributed by atoms with Crippen LogP contribution in [0.1, 0.15) is 66.3 Å². The first-order chi connectivity index (χ1) is 19.5. The Balaban J connectivity index is 1.43. The minimum absolute atomic E-state index is 0.00672. The summed E-state index contributed by atoms with van der Waals surface area (Å²) in [5, 5.41) is 4.20. The number of amides is 1. The van der Waals surface area contributed by atoms with Crippen LogP contribution in [0.5, 0.6) is 0 Å². The van der Waals surface area contributed by atoms with Crippen LogP contribution in [0.25, 0.3) is 11.1 Å². The Labute approximate surface area is 240 Å². The van der Waals surface area contributed by atoms with Crippen LogP contribution in [0.2, 0.25) is 0 Å². The summed E-state index contributed by atoms with van der Waals surface area (Å²) in [5.41, 5.74) is 7.34. The van der Waals surface area contributed by atoms with Crippen molar-refractivity contribution in [2.45, 2.75) is 58.0 Å². The Morgan fingerprint density at radius 1 is 1.07 bits per heavy atom. The Morgan fingerprint density at radius 3 is 2.46 bits per heavy atom. The lowest BCUT2D eigenvalue weighted by Crippen LogP contribution is -2.36. The predicted molar refractivity (Wildman–Crippen MR) is 156 cm³/mol. The number of nitrogens with one attached hydrogen (secondary N) is 1. The number of fused-ring (bicyclic) bond motifs is 2. The van der Waals surface area contributed by atoms with Gasteiger partial charge in [0.1, 0.15) is 9.92 Å². The maximum absolute atomic E-state index is 14.5. The lowest BCUT2D eigenvalue weighted by molar-refractivity contribution is -0.129. The second-order valence-electron chi connectivity index (χ2n) is 11.6. The van der Waals surface area contributed by atoms with Crippen molar-refractivity contribution in [3.8, 4) is 11.1 Å². The minimum atomic E-state index is -2.74. The van der Waals surface area contributed by atoms with E-state index in [-0.39, 0.29) is 17.4 Å². The van der Waals surface area contributed by atoms with Crippen molar-refractivity contribution in [3.63, 3.8) is 0 Å². The van der Waals surface area contributed by atoms with Gasteiger partial charge in [0.05, 0.1) is 6.20 Å². The number of hydrogen-bond donors (Lipinski definition) is 1. The molecule has 1 saturated heterocycles. The number of rotatable bonds is 5. The number of hydrogen-bond acceptors (Lipinski definition) is 5. The number of aromatic nitrogens is 2. The van der Waals surface area contributed by atoms with Crippen LogP contribution in [0.15, 0.2) is 36.7 Å². The van der Waals surface area contributed by atoms with Gasteiger partial charge in [-0.15, -0.1) is 0 Å². The normalized spacial score (nSPS) is 19.4. The van der Waals surface area contributed by atoms with E-state index in [1.807, 2.05) is 11.0 Å². The molecule has 0 spiro atoms. The number of benzene rings is 2. The maximum atomic E-state index is 14.5. The van der Waals surface area contributed by atoms with Crippen molar-refractivity contribution >= 4 is 27.2 Å². The van der Waals surface area contributed by atoms with Crippen molar-refractivity contribution in [2.75, 3.05) is 30.8 Å². The monoisotopic (exact) mass is 582 g/mol. The molecule has 0 bridgehead atoms. The molecule has 11 heteroatoms. The Bertz CT molecular complexity index is 1610. The van der Waals surface area contributed by atoms with Crippen LogP contribution in [0.4, 0.5) is 20.2 Å². The highest BCUT2D eigenvalue weighted by molar-refractivity contribution is 7.89. The number of halogens is 2. The van der Waals surface area contributed by atoms with E-state index in [0.717, 1.165) is 59.3 Å². The number of aryl methyl sites for hydroxylation is 2. The Hall–Kier alpha value is -3.31. The minimum Gasteiger partial charge on any atom is -0.341 e. The van der Waals surface area contributed by atoms with Crippen LogP contribution in [0, 0.1) is 4.78 Å². The zero-order valence-electron chi connectivity index (χ0n) is 23.7. The third kappa shape index (κ3) is 5.25. The SMILES string of the molecule is CC(=O)N1Cc2cc(C3CCN(S(C)(=N)=O)CC3)cc(N3CCCc4cc(-c5cnn(C)c5)c(C(F)F)cc43)c2C1. The van der Waals surface area contributed by atoms with Crippen molar-refractivity contribution in [1.82, 2.24) is 19.0 Å². The van der Waals surface area contributed by atoms with E-state index in [1.165, 1.54) is 6.26 Å². The third-order valence-corrected chi connectivity index (χ3v) is 10.2. The number of piperidine rings is 1.